The van der Waals surface area contributed by atoms with Crippen molar-refractivity contribution in [2.24, 2.45) is 0 Å². The molecule has 0 aromatic carbocycles. The van der Waals surface area contributed by atoms with Crippen molar-refractivity contribution in [3.63, 3.8) is 0 Å². The third kappa shape index (κ3) is 3.87. The molecule has 0 amide bonds. The summed E-state index contributed by atoms with van der Waals surface area (Å²) in [6.45, 7) is 2.05. The van der Waals surface area contributed by atoms with Crippen LogP contribution in [0.5, 0.6) is 0 Å². The van der Waals surface area contributed by atoms with E-state index in [9.17, 15) is 13.2 Å². The molecule has 5 nitrogen and oxygen atoms in total. The molecule has 0 saturated heterocycles. The van der Waals surface area contributed by atoms with E-state index in [0.29, 0.717) is 22.5 Å². The first kappa shape index (κ1) is 18.8. The standard InChI is InChI=1S/C21H16F3N5/c1-2-13-5-8-18(27-12-13)28-16-9-11-26-20-14(16)6-7-17(29-20)19-15(21(22,23)24)4-3-10-25-19/h3-12H,2H2,1H3,(H,26,27,28,29). The third-order valence-corrected chi connectivity index (χ3v) is 4.45. The zero-order valence-corrected chi connectivity index (χ0v) is 15.4. The fourth-order valence-corrected chi connectivity index (χ4v) is 2.95. The average molecular weight is 395 g/mol. The molecule has 0 bridgehead atoms. The van der Waals surface area contributed by atoms with Crippen molar-refractivity contribution < 1.29 is 13.2 Å². The number of anilines is 2. The lowest BCUT2D eigenvalue weighted by atomic mass is 10.1. The molecule has 8 heteroatoms. The summed E-state index contributed by atoms with van der Waals surface area (Å²) in [6.07, 6.45) is 1.03. The van der Waals surface area contributed by atoms with Gasteiger partial charge in [0.1, 0.15) is 11.5 Å². The molecule has 4 aromatic heterocycles. The van der Waals surface area contributed by atoms with Crippen LogP contribution < -0.4 is 5.32 Å². The van der Waals surface area contributed by atoms with Gasteiger partial charge in [-0.3, -0.25) is 4.98 Å². The van der Waals surface area contributed by atoms with Crippen molar-refractivity contribution in [1.29, 1.82) is 0 Å². The number of aryl methyl sites for hydroxylation is 1. The second-order valence-corrected chi connectivity index (χ2v) is 6.35. The highest BCUT2D eigenvalue weighted by molar-refractivity contribution is 5.91. The van der Waals surface area contributed by atoms with Gasteiger partial charge in [0.15, 0.2) is 5.65 Å². The van der Waals surface area contributed by atoms with Gasteiger partial charge in [0.25, 0.3) is 0 Å². The molecular weight excluding hydrogens is 379 g/mol. The molecular formula is C21H16F3N5. The Morgan fingerprint density at radius 1 is 0.931 bits per heavy atom. The lowest BCUT2D eigenvalue weighted by Gasteiger charge is -2.12. The number of pyridine rings is 4. The first-order chi connectivity index (χ1) is 14.0. The van der Waals surface area contributed by atoms with Crippen LogP contribution in [-0.2, 0) is 12.6 Å². The van der Waals surface area contributed by atoms with Crippen molar-refractivity contribution in [2.75, 3.05) is 5.32 Å². The summed E-state index contributed by atoms with van der Waals surface area (Å²) >= 11 is 0. The van der Waals surface area contributed by atoms with Gasteiger partial charge in [0.2, 0.25) is 0 Å². The summed E-state index contributed by atoms with van der Waals surface area (Å²) in [5.74, 6) is 0.655. The quantitative estimate of drug-likeness (QED) is 0.500. The number of hydrogen-bond donors (Lipinski definition) is 1. The normalized spacial score (nSPS) is 11.6. The Morgan fingerprint density at radius 2 is 1.79 bits per heavy atom. The number of rotatable bonds is 4. The van der Waals surface area contributed by atoms with Gasteiger partial charge >= 0.3 is 6.18 Å². The number of fused-ring (bicyclic) bond motifs is 1. The van der Waals surface area contributed by atoms with E-state index >= 15 is 0 Å². The second kappa shape index (κ2) is 7.46. The molecule has 29 heavy (non-hydrogen) atoms. The van der Waals surface area contributed by atoms with E-state index in [1.165, 1.54) is 18.3 Å². The first-order valence-electron chi connectivity index (χ1n) is 8.96. The molecule has 1 N–H and O–H groups in total. The monoisotopic (exact) mass is 395 g/mol. The first-order valence-corrected chi connectivity index (χ1v) is 8.96. The highest BCUT2D eigenvalue weighted by atomic mass is 19.4. The summed E-state index contributed by atoms with van der Waals surface area (Å²) in [5.41, 5.74) is 1.21. The molecule has 0 aliphatic carbocycles. The van der Waals surface area contributed by atoms with Gasteiger partial charge < -0.3 is 5.32 Å². The van der Waals surface area contributed by atoms with Crippen molar-refractivity contribution in [3.8, 4) is 11.4 Å². The maximum absolute atomic E-state index is 13.3. The number of nitrogens with zero attached hydrogens (tertiary/aromatic N) is 4. The number of hydrogen-bond acceptors (Lipinski definition) is 5. The Kier molecular flexibility index (Phi) is 4.84. The minimum atomic E-state index is -4.52. The summed E-state index contributed by atoms with van der Waals surface area (Å²) in [4.78, 5) is 16.8. The summed E-state index contributed by atoms with van der Waals surface area (Å²) < 4.78 is 39.9. The SMILES string of the molecule is CCc1ccc(Nc2ccnc3nc(-c4ncccc4C(F)(F)F)ccc23)nc1. The van der Waals surface area contributed by atoms with Gasteiger partial charge in [-0.2, -0.15) is 13.2 Å². The predicted molar refractivity (Wildman–Crippen MR) is 105 cm³/mol. The van der Waals surface area contributed by atoms with E-state index in [0.717, 1.165) is 18.1 Å². The Hall–Kier alpha value is -3.55. The van der Waals surface area contributed by atoms with Crippen LogP contribution in [0.4, 0.5) is 24.7 Å². The Bertz CT molecular complexity index is 1160. The van der Waals surface area contributed by atoms with E-state index in [4.69, 9.17) is 0 Å². The summed E-state index contributed by atoms with van der Waals surface area (Å²) in [7, 11) is 0. The zero-order valence-electron chi connectivity index (χ0n) is 15.4. The van der Waals surface area contributed by atoms with Gasteiger partial charge in [-0.15, -0.1) is 0 Å². The highest BCUT2D eigenvalue weighted by Crippen LogP contribution is 2.35. The third-order valence-electron chi connectivity index (χ3n) is 4.45. The second-order valence-electron chi connectivity index (χ2n) is 6.35. The minimum absolute atomic E-state index is 0.112. The Balaban J connectivity index is 1.73. The van der Waals surface area contributed by atoms with Gasteiger partial charge in [-0.1, -0.05) is 13.0 Å². The van der Waals surface area contributed by atoms with Crippen LogP contribution in [0.2, 0.25) is 0 Å². The van der Waals surface area contributed by atoms with Crippen LogP contribution in [0.3, 0.4) is 0 Å². The van der Waals surface area contributed by atoms with E-state index < -0.39 is 11.7 Å². The van der Waals surface area contributed by atoms with Crippen LogP contribution in [0, 0.1) is 0 Å². The molecule has 0 spiro atoms. The average Bonchev–Trinajstić information content (AvgIpc) is 2.73. The van der Waals surface area contributed by atoms with Crippen molar-refractivity contribution in [3.05, 3.63) is 72.2 Å². The topological polar surface area (TPSA) is 63.6 Å². The molecule has 4 rings (SSSR count). The van der Waals surface area contributed by atoms with Crippen LogP contribution in [0.25, 0.3) is 22.4 Å². The summed E-state index contributed by atoms with van der Waals surface area (Å²) in [6, 6.07) is 11.1. The van der Waals surface area contributed by atoms with Crippen LogP contribution in [-0.4, -0.2) is 19.9 Å². The van der Waals surface area contributed by atoms with Crippen LogP contribution in [0.1, 0.15) is 18.1 Å². The van der Waals surface area contributed by atoms with Gasteiger partial charge in [-0.05, 0) is 48.4 Å². The van der Waals surface area contributed by atoms with Crippen LogP contribution in [0.15, 0.2) is 61.1 Å². The number of halogens is 3. The lowest BCUT2D eigenvalue weighted by Crippen LogP contribution is -2.08. The van der Waals surface area contributed by atoms with Gasteiger partial charge in [-0.25, -0.2) is 15.0 Å². The molecule has 0 aliphatic heterocycles. The fraction of sp³-hybridized carbons (Fsp3) is 0.143. The van der Waals surface area contributed by atoms with Gasteiger partial charge in [0, 0.05) is 24.0 Å². The molecule has 0 unspecified atom stereocenters. The maximum Gasteiger partial charge on any atom is 0.418 e. The molecule has 0 fully saturated rings. The molecule has 0 radical (unpaired) electrons. The summed E-state index contributed by atoms with van der Waals surface area (Å²) in [5, 5.41) is 3.87. The molecule has 0 aliphatic rings. The van der Waals surface area contributed by atoms with E-state index in [1.54, 1.807) is 24.5 Å². The Labute approximate surface area is 164 Å². The van der Waals surface area contributed by atoms with Crippen molar-refractivity contribution >= 4 is 22.5 Å². The van der Waals surface area contributed by atoms with E-state index in [1.807, 2.05) is 12.1 Å². The van der Waals surface area contributed by atoms with Crippen molar-refractivity contribution in [2.45, 2.75) is 19.5 Å². The predicted octanol–water partition coefficient (Wildman–Crippen LogP) is 5.41. The molecule has 4 aromatic rings. The molecule has 146 valence electrons. The van der Waals surface area contributed by atoms with Gasteiger partial charge in [0.05, 0.1) is 16.9 Å². The maximum atomic E-state index is 13.3. The number of alkyl halides is 3. The Morgan fingerprint density at radius 3 is 2.52 bits per heavy atom. The molecule has 0 atom stereocenters. The minimum Gasteiger partial charge on any atom is -0.340 e. The molecule has 0 saturated carbocycles. The fourth-order valence-electron chi connectivity index (χ4n) is 2.95. The molecule has 4 heterocycles. The van der Waals surface area contributed by atoms with Crippen molar-refractivity contribution in [1.82, 2.24) is 19.9 Å². The van der Waals surface area contributed by atoms with Crippen LogP contribution >= 0.6 is 0 Å². The zero-order chi connectivity index (χ0) is 20.4. The highest BCUT2D eigenvalue weighted by Gasteiger charge is 2.34. The number of aromatic nitrogens is 4. The smallest absolute Gasteiger partial charge is 0.340 e. The number of nitrogens with one attached hydrogen (secondary N) is 1. The van der Waals surface area contributed by atoms with E-state index in [2.05, 4.69) is 32.2 Å². The van der Waals surface area contributed by atoms with E-state index in [-0.39, 0.29) is 11.4 Å². The largest absolute Gasteiger partial charge is 0.418 e. The lowest BCUT2D eigenvalue weighted by molar-refractivity contribution is -0.137.